The van der Waals surface area contributed by atoms with Crippen molar-refractivity contribution in [3.05, 3.63) is 29.8 Å². The fourth-order valence-electron chi connectivity index (χ4n) is 3.12. The molecule has 6 nitrogen and oxygen atoms in total. The van der Waals surface area contributed by atoms with Gasteiger partial charge >= 0.3 is 0 Å². The molecule has 1 saturated heterocycles. The third-order valence-electron chi connectivity index (χ3n) is 4.37. The van der Waals surface area contributed by atoms with E-state index in [1.165, 1.54) is 0 Å². The SMILES string of the molecule is CCCS(=O)(=O)Nc1cccc(C(=O)N2CCC(C)CC2CN)c1.Cl. The largest absolute Gasteiger partial charge is 0.334 e. The van der Waals surface area contributed by atoms with E-state index in [-0.39, 0.29) is 30.1 Å². The Morgan fingerprint density at radius 2 is 2.12 bits per heavy atom. The highest BCUT2D eigenvalue weighted by atomic mass is 35.5. The summed E-state index contributed by atoms with van der Waals surface area (Å²) >= 11 is 0. The molecule has 0 spiro atoms. The number of piperidine rings is 1. The minimum Gasteiger partial charge on any atom is -0.334 e. The van der Waals surface area contributed by atoms with Gasteiger partial charge in [0.1, 0.15) is 0 Å². The molecule has 1 aromatic carbocycles. The van der Waals surface area contributed by atoms with Crippen LogP contribution in [0.5, 0.6) is 0 Å². The van der Waals surface area contributed by atoms with E-state index in [2.05, 4.69) is 11.6 Å². The summed E-state index contributed by atoms with van der Waals surface area (Å²) in [5, 5.41) is 0. The molecule has 0 saturated carbocycles. The maximum atomic E-state index is 12.8. The number of hydrogen-bond acceptors (Lipinski definition) is 4. The van der Waals surface area contributed by atoms with Crippen molar-refractivity contribution in [2.45, 2.75) is 39.2 Å². The number of benzene rings is 1. The molecule has 8 heteroatoms. The maximum Gasteiger partial charge on any atom is 0.254 e. The minimum absolute atomic E-state index is 0. The van der Waals surface area contributed by atoms with Crippen LogP contribution in [0.25, 0.3) is 0 Å². The summed E-state index contributed by atoms with van der Waals surface area (Å²) < 4.78 is 26.3. The van der Waals surface area contributed by atoms with Crippen molar-refractivity contribution in [2.24, 2.45) is 11.7 Å². The van der Waals surface area contributed by atoms with E-state index in [0.29, 0.717) is 36.7 Å². The molecule has 1 amide bonds. The summed E-state index contributed by atoms with van der Waals surface area (Å²) in [7, 11) is -3.37. The van der Waals surface area contributed by atoms with Gasteiger partial charge in [-0.3, -0.25) is 9.52 Å². The molecule has 0 bridgehead atoms. The van der Waals surface area contributed by atoms with Gasteiger partial charge in [0, 0.05) is 30.4 Å². The van der Waals surface area contributed by atoms with Crippen molar-refractivity contribution in [3.8, 4) is 0 Å². The number of carbonyl (C=O) groups excluding carboxylic acids is 1. The standard InChI is InChI=1S/C17H27N3O3S.ClH/c1-3-9-24(22,23)19-15-6-4-5-14(11-15)17(21)20-8-7-13(2)10-16(20)12-18;/h4-6,11,13,16,19H,3,7-10,12,18H2,1-2H3;1H. The van der Waals surface area contributed by atoms with Gasteiger partial charge in [-0.1, -0.05) is 19.9 Å². The monoisotopic (exact) mass is 389 g/mol. The van der Waals surface area contributed by atoms with E-state index < -0.39 is 10.0 Å². The topological polar surface area (TPSA) is 92.5 Å². The van der Waals surface area contributed by atoms with Crippen LogP contribution in [-0.2, 0) is 10.0 Å². The Hall–Kier alpha value is -1.31. The van der Waals surface area contributed by atoms with E-state index in [1.54, 1.807) is 24.3 Å². The van der Waals surface area contributed by atoms with Crippen molar-refractivity contribution < 1.29 is 13.2 Å². The number of carbonyl (C=O) groups is 1. The van der Waals surface area contributed by atoms with Crippen LogP contribution in [0, 0.1) is 5.92 Å². The van der Waals surface area contributed by atoms with Gasteiger partial charge in [0.05, 0.1) is 5.75 Å². The highest BCUT2D eigenvalue weighted by molar-refractivity contribution is 7.92. The number of sulfonamides is 1. The summed E-state index contributed by atoms with van der Waals surface area (Å²) in [5.74, 6) is 0.536. The number of amides is 1. The Bertz CT molecular complexity index is 681. The molecule has 1 heterocycles. The second-order valence-corrected chi connectivity index (χ2v) is 8.36. The predicted octanol–water partition coefficient (Wildman–Crippen LogP) is 2.46. The molecule has 25 heavy (non-hydrogen) atoms. The van der Waals surface area contributed by atoms with Gasteiger partial charge < -0.3 is 10.6 Å². The quantitative estimate of drug-likeness (QED) is 0.781. The third kappa shape index (κ3) is 5.87. The van der Waals surface area contributed by atoms with E-state index in [1.807, 2.05) is 11.8 Å². The Kier molecular flexibility index (Phi) is 8.18. The van der Waals surface area contributed by atoms with Gasteiger partial charge in [-0.2, -0.15) is 0 Å². The first-order chi connectivity index (χ1) is 11.4. The summed E-state index contributed by atoms with van der Waals surface area (Å²) in [4.78, 5) is 14.6. The molecular formula is C17H28ClN3O3S. The van der Waals surface area contributed by atoms with Gasteiger partial charge in [0.25, 0.3) is 5.91 Å². The summed E-state index contributed by atoms with van der Waals surface area (Å²) in [6.45, 7) is 5.11. The third-order valence-corrected chi connectivity index (χ3v) is 5.86. The lowest BCUT2D eigenvalue weighted by molar-refractivity contribution is 0.0573. The number of rotatable bonds is 6. The van der Waals surface area contributed by atoms with Crippen LogP contribution in [0.3, 0.4) is 0 Å². The minimum atomic E-state index is -3.37. The number of likely N-dealkylation sites (tertiary alicyclic amines) is 1. The number of halogens is 1. The van der Waals surface area contributed by atoms with E-state index in [4.69, 9.17) is 5.73 Å². The fraction of sp³-hybridized carbons (Fsp3) is 0.588. The first-order valence-corrected chi connectivity index (χ1v) is 10.1. The van der Waals surface area contributed by atoms with Gasteiger partial charge in [-0.15, -0.1) is 12.4 Å². The van der Waals surface area contributed by atoms with Crippen LogP contribution < -0.4 is 10.5 Å². The van der Waals surface area contributed by atoms with Gasteiger partial charge in [0.15, 0.2) is 0 Å². The zero-order valence-electron chi connectivity index (χ0n) is 14.8. The van der Waals surface area contributed by atoms with Gasteiger partial charge in [-0.25, -0.2) is 8.42 Å². The van der Waals surface area contributed by atoms with Crippen molar-refractivity contribution >= 4 is 34.0 Å². The molecule has 1 aliphatic heterocycles. The zero-order chi connectivity index (χ0) is 17.7. The van der Waals surface area contributed by atoms with Gasteiger partial charge in [0.2, 0.25) is 10.0 Å². The van der Waals surface area contributed by atoms with Crippen molar-refractivity contribution in [2.75, 3.05) is 23.6 Å². The number of hydrogen-bond donors (Lipinski definition) is 2. The molecule has 1 aromatic rings. The average molecular weight is 390 g/mol. The average Bonchev–Trinajstić information content (AvgIpc) is 2.53. The zero-order valence-corrected chi connectivity index (χ0v) is 16.4. The lowest BCUT2D eigenvalue weighted by Gasteiger charge is -2.38. The molecule has 142 valence electrons. The number of anilines is 1. The Morgan fingerprint density at radius 3 is 2.76 bits per heavy atom. The van der Waals surface area contributed by atoms with Crippen LogP contribution in [0.2, 0.25) is 0 Å². The molecule has 0 radical (unpaired) electrons. The second kappa shape index (κ2) is 9.40. The highest BCUT2D eigenvalue weighted by Gasteiger charge is 2.29. The second-order valence-electron chi connectivity index (χ2n) is 6.52. The Morgan fingerprint density at radius 1 is 1.40 bits per heavy atom. The molecular weight excluding hydrogens is 362 g/mol. The smallest absolute Gasteiger partial charge is 0.254 e. The normalized spacial score (nSPS) is 20.7. The summed E-state index contributed by atoms with van der Waals surface area (Å²) in [6.07, 6.45) is 2.41. The van der Waals surface area contributed by atoms with Crippen molar-refractivity contribution in [3.63, 3.8) is 0 Å². The lowest BCUT2D eigenvalue weighted by atomic mass is 9.92. The fourth-order valence-corrected chi connectivity index (χ4v) is 4.25. The maximum absolute atomic E-state index is 12.8. The van der Waals surface area contributed by atoms with Crippen LogP contribution in [-0.4, -0.2) is 44.1 Å². The van der Waals surface area contributed by atoms with Crippen LogP contribution in [0.4, 0.5) is 5.69 Å². The van der Waals surface area contributed by atoms with E-state index >= 15 is 0 Å². The number of nitrogens with zero attached hydrogens (tertiary/aromatic N) is 1. The highest BCUT2D eigenvalue weighted by Crippen LogP contribution is 2.24. The summed E-state index contributed by atoms with van der Waals surface area (Å²) in [5.41, 5.74) is 6.74. The summed E-state index contributed by atoms with van der Waals surface area (Å²) in [6, 6.07) is 6.71. The molecule has 0 aliphatic carbocycles. The molecule has 1 fully saturated rings. The van der Waals surface area contributed by atoms with Crippen molar-refractivity contribution in [1.82, 2.24) is 4.90 Å². The molecule has 1 aliphatic rings. The van der Waals surface area contributed by atoms with E-state index in [9.17, 15) is 13.2 Å². The first-order valence-electron chi connectivity index (χ1n) is 8.48. The molecule has 0 aromatic heterocycles. The predicted molar refractivity (Wildman–Crippen MR) is 104 cm³/mol. The van der Waals surface area contributed by atoms with Gasteiger partial charge in [-0.05, 0) is 43.4 Å². The van der Waals surface area contributed by atoms with Crippen LogP contribution >= 0.6 is 12.4 Å². The molecule has 2 atom stereocenters. The number of nitrogens with two attached hydrogens (primary N) is 1. The Labute approximate surface area is 156 Å². The van der Waals surface area contributed by atoms with E-state index in [0.717, 1.165) is 12.8 Å². The first kappa shape index (κ1) is 21.7. The Balaban J connectivity index is 0.00000312. The lowest BCUT2D eigenvalue weighted by Crippen LogP contribution is -2.49. The van der Waals surface area contributed by atoms with Crippen LogP contribution in [0.1, 0.15) is 43.5 Å². The number of nitrogens with one attached hydrogen (secondary N) is 1. The van der Waals surface area contributed by atoms with Crippen molar-refractivity contribution in [1.29, 1.82) is 0 Å². The molecule has 2 unspecified atom stereocenters. The molecule has 3 N–H and O–H groups in total. The van der Waals surface area contributed by atoms with Crippen LogP contribution in [0.15, 0.2) is 24.3 Å². The molecule has 2 rings (SSSR count).